The molecule has 0 fully saturated rings. The van der Waals surface area contributed by atoms with E-state index < -0.39 is 23.6 Å². The predicted molar refractivity (Wildman–Crippen MR) is 76.6 cm³/mol. The lowest BCUT2D eigenvalue weighted by Gasteiger charge is -2.37. The van der Waals surface area contributed by atoms with Crippen molar-refractivity contribution in [1.29, 1.82) is 0 Å². The van der Waals surface area contributed by atoms with Gasteiger partial charge >= 0.3 is 12.1 Å². The molecule has 2 unspecified atom stereocenters. The molecule has 20 heavy (non-hydrogen) atoms. The molecule has 0 amide bonds. The molecular formula is C15H28O5. The van der Waals surface area contributed by atoms with Crippen LogP contribution in [0, 0.1) is 11.3 Å². The van der Waals surface area contributed by atoms with Crippen molar-refractivity contribution >= 4 is 12.1 Å². The molecule has 0 aromatic carbocycles. The van der Waals surface area contributed by atoms with Gasteiger partial charge in [-0.05, 0) is 32.1 Å². The molecule has 0 radical (unpaired) electrons. The molecule has 0 bridgehead atoms. The minimum Gasteiger partial charge on any atom is -0.481 e. The van der Waals surface area contributed by atoms with Gasteiger partial charge in [-0.1, -0.05) is 34.1 Å². The van der Waals surface area contributed by atoms with Crippen LogP contribution in [0.1, 0.15) is 60.3 Å². The Kier molecular flexibility index (Phi) is 8.26. The first-order valence-corrected chi connectivity index (χ1v) is 7.40. The van der Waals surface area contributed by atoms with Crippen LogP contribution in [0.15, 0.2) is 0 Å². The third-order valence-electron chi connectivity index (χ3n) is 3.38. The van der Waals surface area contributed by atoms with Gasteiger partial charge in [0.2, 0.25) is 0 Å². The van der Waals surface area contributed by atoms with Gasteiger partial charge in [-0.15, -0.1) is 0 Å². The second kappa shape index (κ2) is 8.82. The van der Waals surface area contributed by atoms with Crippen molar-refractivity contribution in [1.82, 2.24) is 0 Å². The van der Waals surface area contributed by atoms with Crippen LogP contribution in [0.3, 0.4) is 0 Å². The number of rotatable bonds is 9. The number of carboxylic acid groups (broad SMARTS) is 1. The lowest BCUT2D eigenvalue weighted by molar-refractivity contribution is -0.161. The van der Waals surface area contributed by atoms with Crippen LogP contribution in [0.2, 0.25) is 0 Å². The predicted octanol–water partition coefficient (Wildman–Crippen LogP) is 3.86. The zero-order valence-electron chi connectivity index (χ0n) is 13.3. The molecule has 0 aromatic rings. The highest BCUT2D eigenvalue weighted by molar-refractivity contribution is 5.76. The minimum atomic E-state index is -1.04. The zero-order chi connectivity index (χ0) is 15.8. The van der Waals surface area contributed by atoms with Gasteiger partial charge in [0.15, 0.2) is 0 Å². The third-order valence-corrected chi connectivity index (χ3v) is 3.38. The molecule has 0 aliphatic carbocycles. The van der Waals surface area contributed by atoms with Crippen LogP contribution in [0.4, 0.5) is 4.79 Å². The molecule has 0 rings (SSSR count). The Morgan fingerprint density at radius 3 is 2.15 bits per heavy atom. The maximum atomic E-state index is 11.9. The summed E-state index contributed by atoms with van der Waals surface area (Å²) in [5, 5.41) is 9.72. The van der Waals surface area contributed by atoms with Crippen molar-refractivity contribution in [3.8, 4) is 0 Å². The van der Waals surface area contributed by atoms with Gasteiger partial charge in [0.25, 0.3) is 0 Å². The van der Waals surface area contributed by atoms with Crippen molar-refractivity contribution in [2.75, 3.05) is 6.61 Å². The smallest absolute Gasteiger partial charge is 0.481 e. The normalized spacial score (nSPS) is 15.5. The lowest BCUT2D eigenvalue weighted by Crippen LogP contribution is -2.45. The summed E-state index contributed by atoms with van der Waals surface area (Å²) in [6.07, 6.45) is 0.692. The first kappa shape index (κ1) is 18.7. The number of carboxylic acids is 1. The molecule has 0 aliphatic rings. The molecule has 0 saturated carbocycles. The Labute approximate surface area is 121 Å². The van der Waals surface area contributed by atoms with E-state index >= 15 is 0 Å². The Morgan fingerprint density at radius 1 is 1.20 bits per heavy atom. The van der Waals surface area contributed by atoms with Gasteiger partial charge in [-0.25, -0.2) is 4.79 Å². The molecule has 118 valence electrons. The summed E-state index contributed by atoms with van der Waals surface area (Å²) < 4.78 is 10.1. The van der Waals surface area contributed by atoms with Crippen molar-refractivity contribution < 1.29 is 24.2 Å². The van der Waals surface area contributed by atoms with Crippen LogP contribution in [0.25, 0.3) is 0 Å². The van der Waals surface area contributed by atoms with Crippen LogP contribution in [0.5, 0.6) is 0 Å². The fraction of sp³-hybridized carbons (Fsp3) is 0.867. The minimum absolute atomic E-state index is 0.206. The van der Waals surface area contributed by atoms with E-state index in [2.05, 4.69) is 0 Å². The molecule has 2 atom stereocenters. The highest BCUT2D eigenvalue weighted by Gasteiger charge is 2.47. The average molecular weight is 288 g/mol. The Hall–Kier alpha value is -1.26. The zero-order valence-corrected chi connectivity index (χ0v) is 13.3. The van der Waals surface area contributed by atoms with Crippen LogP contribution in [-0.2, 0) is 14.3 Å². The first-order chi connectivity index (χ1) is 9.33. The summed E-state index contributed by atoms with van der Waals surface area (Å²) in [6.45, 7) is 9.63. The topological polar surface area (TPSA) is 72.8 Å². The summed E-state index contributed by atoms with van der Waals surface area (Å²) in [5.74, 6) is -0.693. The Bertz CT molecular complexity index is 313. The molecular weight excluding hydrogens is 260 g/mol. The lowest BCUT2D eigenvalue weighted by atomic mass is 9.71. The van der Waals surface area contributed by atoms with E-state index in [-0.39, 0.29) is 12.5 Å². The molecule has 5 nitrogen and oxygen atoms in total. The maximum Gasteiger partial charge on any atom is 0.508 e. The Balaban J connectivity index is 5.30. The van der Waals surface area contributed by atoms with Crippen LogP contribution in [-0.4, -0.2) is 29.9 Å². The van der Waals surface area contributed by atoms with Crippen molar-refractivity contribution in [2.24, 2.45) is 11.3 Å². The molecule has 5 heteroatoms. The second-order valence-corrected chi connectivity index (χ2v) is 5.51. The van der Waals surface area contributed by atoms with Gasteiger partial charge in [-0.3, -0.25) is 4.79 Å². The van der Waals surface area contributed by atoms with Gasteiger partial charge < -0.3 is 14.6 Å². The fourth-order valence-corrected chi connectivity index (χ4v) is 2.76. The van der Waals surface area contributed by atoms with Crippen LogP contribution < -0.4 is 0 Å². The number of hydrogen-bond donors (Lipinski definition) is 1. The van der Waals surface area contributed by atoms with Crippen LogP contribution >= 0.6 is 0 Å². The molecule has 0 saturated heterocycles. The van der Waals surface area contributed by atoms with E-state index in [0.29, 0.717) is 19.3 Å². The number of aliphatic carboxylic acids is 1. The van der Waals surface area contributed by atoms with E-state index in [0.717, 1.165) is 6.42 Å². The highest BCUT2D eigenvalue weighted by Crippen LogP contribution is 2.39. The SMILES string of the molecule is CCCC(CC(C)C)(C(=O)O)C(CC)OC(=O)OCC. The second-order valence-electron chi connectivity index (χ2n) is 5.51. The molecule has 0 spiro atoms. The first-order valence-electron chi connectivity index (χ1n) is 7.40. The van der Waals surface area contributed by atoms with Crippen molar-refractivity contribution in [2.45, 2.75) is 66.4 Å². The maximum absolute atomic E-state index is 11.9. The van der Waals surface area contributed by atoms with E-state index in [9.17, 15) is 14.7 Å². The van der Waals surface area contributed by atoms with E-state index in [1.54, 1.807) is 6.92 Å². The average Bonchev–Trinajstić information content (AvgIpc) is 2.34. The largest absolute Gasteiger partial charge is 0.508 e. The monoisotopic (exact) mass is 288 g/mol. The fourth-order valence-electron chi connectivity index (χ4n) is 2.76. The molecule has 0 aliphatic heterocycles. The summed E-state index contributed by atoms with van der Waals surface area (Å²) in [6, 6.07) is 0. The summed E-state index contributed by atoms with van der Waals surface area (Å²) >= 11 is 0. The number of hydrogen-bond acceptors (Lipinski definition) is 4. The van der Waals surface area contributed by atoms with Gasteiger partial charge in [0.05, 0.1) is 6.61 Å². The van der Waals surface area contributed by atoms with Crippen molar-refractivity contribution in [3.05, 3.63) is 0 Å². The Morgan fingerprint density at radius 2 is 1.80 bits per heavy atom. The van der Waals surface area contributed by atoms with Gasteiger partial charge in [0, 0.05) is 0 Å². The molecule has 0 heterocycles. The van der Waals surface area contributed by atoms with E-state index in [1.807, 2.05) is 27.7 Å². The highest BCUT2D eigenvalue weighted by atomic mass is 16.7. The number of carbonyl (C=O) groups is 2. The number of carbonyl (C=O) groups excluding carboxylic acids is 1. The number of ether oxygens (including phenoxy) is 2. The molecule has 1 N–H and O–H groups in total. The third kappa shape index (κ3) is 5.02. The summed E-state index contributed by atoms with van der Waals surface area (Å²) in [4.78, 5) is 23.4. The van der Waals surface area contributed by atoms with Gasteiger partial charge in [0.1, 0.15) is 11.5 Å². The molecule has 0 aromatic heterocycles. The van der Waals surface area contributed by atoms with Gasteiger partial charge in [-0.2, -0.15) is 0 Å². The van der Waals surface area contributed by atoms with E-state index in [4.69, 9.17) is 9.47 Å². The summed E-state index contributed by atoms with van der Waals surface area (Å²) in [5.41, 5.74) is -1.04. The van der Waals surface area contributed by atoms with Crippen molar-refractivity contribution in [3.63, 3.8) is 0 Å². The standard InChI is InChI=1S/C15H28O5/c1-6-9-15(13(16)17,10-11(4)5)12(7-2)20-14(18)19-8-3/h11-12H,6-10H2,1-5H3,(H,16,17). The summed E-state index contributed by atoms with van der Waals surface area (Å²) in [7, 11) is 0. The quantitative estimate of drug-likeness (QED) is 0.652. The van der Waals surface area contributed by atoms with E-state index in [1.165, 1.54) is 0 Å².